The number of carbonyl (C=O) groups excluding carboxylic acids is 3. The summed E-state index contributed by atoms with van der Waals surface area (Å²) in [5, 5.41) is 7.78. The number of ether oxygens (including phenoxy) is 1. The van der Waals surface area contributed by atoms with Gasteiger partial charge in [-0.05, 0) is 31.0 Å². The molecule has 21 heavy (non-hydrogen) atoms. The molecular weight excluding hydrogens is 274 g/mol. The van der Waals surface area contributed by atoms with Gasteiger partial charge in [0, 0.05) is 11.7 Å². The van der Waals surface area contributed by atoms with E-state index in [0.29, 0.717) is 11.3 Å². The van der Waals surface area contributed by atoms with E-state index in [1.165, 1.54) is 13.2 Å². The molecule has 1 aliphatic rings. The minimum Gasteiger partial charge on any atom is -0.465 e. The van der Waals surface area contributed by atoms with Crippen LogP contribution in [0.15, 0.2) is 24.3 Å². The molecule has 0 saturated heterocycles. The number of urea groups is 1. The van der Waals surface area contributed by atoms with E-state index in [2.05, 4.69) is 20.7 Å². The monoisotopic (exact) mass is 291 g/mol. The van der Waals surface area contributed by atoms with E-state index >= 15 is 0 Å². The van der Waals surface area contributed by atoms with Crippen LogP contribution in [0.5, 0.6) is 0 Å². The van der Waals surface area contributed by atoms with Crippen molar-refractivity contribution in [1.82, 2.24) is 10.6 Å². The van der Waals surface area contributed by atoms with Crippen molar-refractivity contribution in [3.8, 4) is 0 Å². The fourth-order valence-corrected chi connectivity index (χ4v) is 1.67. The largest absolute Gasteiger partial charge is 0.465 e. The number of hydrogen-bond donors (Lipinski definition) is 3. The number of anilines is 1. The second kappa shape index (κ2) is 6.74. The van der Waals surface area contributed by atoms with Crippen molar-refractivity contribution in [3.05, 3.63) is 29.8 Å². The van der Waals surface area contributed by atoms with Gasteiger partial charge in [-0.25, -0.2) is 9.59 Å². The predicted octanol–water partition coefficient (Wildman–Crippen LogP) is 0.873. The number of methoxy groups -OCH3 is 1. The molecule has 2 rings (SSSR count). The molecule has 0 radical (unpaired) electrons. The van der Waals surface area contributed by atoms with Crippen molar-refractivity contribution < 1.29 is 19.1 Å². The molecule has 0 aliphatic heterocycles. The fourth-order valence-electron chi connectivity index (χ4n) is 1.67. The maximum atomic E-state index is 11.7. The number of hydrogen-bond acceptors (Lipinski definition) is 4. The summed E-state index contributed by atoms with van der Waals surface area (Å²) in [5.74, 6) is -0.851. The predicted molar refractivity (Wildman–Crippen MR) is 76.0 cm³/mol. The summed E-state index contributed by atoms with van der Waals surface area (Å²) in [6.07, 6.45) is 1.97. The lowest BCUT2D eigenvalue weighted by molar-refractivity contribution is -0.115. The second-order valence-electron chi connectivity index (χ2n) is 4.72. The van der Waals surface area contributed by atoms with Crippen LogP contribution >= 0.6 is 0 Å². The van der Waals surface area contributed by atoms with Crippen molar-refractivity contribution in [2.45, 2.75) is 18.9 Å². The zero-order chi connectivity index (χ0) is 15.2. The van der Waals surface area contributed by atoms with E-state index in [-0.39, 0.29) is 24.5 Å². The molecule has 7 nitrogen and oxygen atoms in total. The van der Waals surface area contributed by atoms with Gasteiger partial charge >= 0.3 is 12.0 Å². The molecular formula is C14H17N3O4. The van der Waals surface area contributed by atoms with E-state index in [0.717, 1.165) is 12.8 Å². The SMILES string of the molecule is COC(=O)c1cccc(NC(=O)CNC(=O)NC2CC2)c1. The molecule has 0 spiro atoms. The molecule has 1 fully saturated rings. The number of rotatable bonds is 5. The lowest BCUT2D eigenvalue weighted by Gasteiger charge is -2.08. The van der Waals surface area contributed by atoms with Crippen LogP contribution in [0.25, 0.3) is 0 Å². The number of nitrogens with one attached hydrogen (secondary N) is 3. The number of benzene rings is 1. The molecule has 3 N–H and O–H groups in total. The first-order chi connectivity index (χ1) is 10.1. The van der Waals surface area contributed by atoms with Crippen LogP contribution in [-0.4, -0.2) is 37.6 Å². The van der Waals surface area contributed by atoms with E-state index in [1.807, 2.05) is 0 Å². The third-order valence-corrected chi connectivity index (χ3v) is 2.89. The Hall–Kier alpha value is -2.57. The highest BCUT2D eigenvalue weighted by molar-refractivity contribution is 5.96. The first kappa shape index (κ1) is 14.8. The Labute approximate surface area is 122 Å². The van der Waals surface area contributed by atoms with Gasteiger partial charge < -0.3 is 20.7 Å². The minimum atomic E-state index is -0.479. The standard InChI is InChI=1S/C14H17N3O4/c1-21-13(19)9-3-2-4-11(7-9)16-12(18)8-15-14(20)17-10-5-6-10/h2-4,7,10H,5-6,8H2,1H3,(H,16,18)(H2,15,17,20). The molecule has 1 aromatic carbocycles. The average Bonchev–Trinajstić information content (AvgIpc) is 3.28. The maximum Gasteiger partial charge on any atom is 0.337 e. The normalized spacial score (nSPS) is 13.2. The Bertz CT molecular complexity index is 555. The first-order valence-electron chi connectivity index (χ1n) is 6.61. The van der Waals surface area contributed by atoms with Gasteiger partial charge in [0.2, 0.25) is 5.91 Å². The van der Waals surface area contributed by atoms with Gasteiger partial charge in [-0.2, -0.15) is 0 Å². The molecule has 0 unspecified atom stereocenters. The van der Waals surface area contributed by atoms with Crippen molar-refractivity contribution in [1.29, 1.82) is 0 Å². The van der Waals surface area contributed by atoms with Gasteiger partial charge in [-0.1, -0.05) is 6.07 Å². The van der Waals surface area contributed by atoms with Crippen LogP contribution in [0.1, 0.15) is 23.2 Å². The highest BCUT2D eigenvalue weighted by Crippen LogP contribution is 2.18. The Morgan fingerprint density at radius 2 is 2.05 bits per heavy atom. The van der Waals surface area contributed by atoms with Crippen LogP contribution in [-0.2, 0) is 9.53 Å². The molecule has 3 amide bonds. The molecule has 0 bridgehead atoms. The average molecular weight is 291 g/mol. The zero-order valence-electron chi connectivity index (χ0n) is 11.6. The Morgan fingerprint density at radius 1 is 1.29 bits per heavy atom. The fraction of sp³-hybridized carbons (Fsp3) is 0.357. The van der Waals surface area contributed by atoms with Crippen LogP contribution in [0.3, 0.4) is 0 Å². The first-order valence-corrected chi connectivity index (χ1v) is 6.61. The molecule has 7 heteroatoms. The Morgan fingerprint density at radius 3 is 2.71 bits per heavy atom. The minimum absolute atomic E-state index is 0.138. The summed E-state index contributed by atoms with van der Waals surface area (Å²) < 4.78 is 4.60. The van der Waals surface area contributed by atoms with Gasteiger partial charge in [0.15, 0.2) is 0 Å². The van der Waals surface area contributed by atoms with E-state index in [4.69, 9.17) is 0 Å². The van der Waals surface area contributed by atoms with Crippen molar-refractivity contribution >= 4 is 23.6 Å². The topological polar surface area (TPSA) is 96.5 Å². The Kier molecular flexibility index (Phi) is 4.76. The van der Waals surface area contributed by atoms with Gasteiger partial charge in [-0.3, -0.25) is 4.79 Å². The van der Waals surface area contributed by atoms with E-state index < -0.39 is 5.97 Å². The Balaban J connectivity index is 1.81. The van der Waals surface area contributed by atoms with Crippen LogP contribution < -0.4 is 16.0 Å². The summed E-state index contributed by atoms with van der Waals surface area (Å²) in [7, 11) is 1.29. The third-order valence-electron chi connectivity index (χ3n) is 2.89. The highest BCUT2D eigenvalue weighted by Gasteiger charge is 2.23. The van der Waals surface area contributed by atoms with Crippen LogP contribution in [0.2, 0.25) is 0 Å². The molecule has 0 heterocycles. The second-order valence-corrected chi connectivity index (χ2v) is 4.72. The smallest absolute Gasteiger partial charge is 0.337 e. The van der Waals surface area contributed by atoms with Gasteiger partial charge in [0.25, 0.3) is 0 Å². The van der Waals surface area contributed by atoms with E-state index in [9.17, 15) is 14.4 Å². The van der Waals surface area contributed by atoms with Gasteiger partial charge in [-0.15, -0.1) is 0 Å². The molecule has 0 aromatic heterocycles. The van der Waals surface area contributed by atoms with Crippen molar-refractivity contribution in [2.75, 3.05) is 19.0 Å². The molecule has 112 valence electrons. The van der Waals surface area contributed by atoms with E-state index in [1.54, 1.807) is 18.2 Å². The van der Waals surface area contributed by atoms with Gasteiger partial charge in [0.05, 0.1) is 19.2 Å². The van der Waals surface area contributed by atoms with Crippen molar-refractivity contribution in [2.24, 2.45) is 0 Å². The number of amides is 3. The quantitative estimate of drug-likeness (QED) is 0.701. The summed E-state index contributed by atoms with van der Waals surface area (Å²) in [5.41, 5.74) is 0.807. The summed E-state index contributed by atoms with van der Waals surface area (Å²) >= 11 is 0. The van der Waals surface area contributed by atoms with Gasteiger partial charge in [0.1, 0.15) is 0 Å². The maximum absolute atomic E-state index is 11.7. The van der Waals surface area contributed by atoms with Crippen LogP contribution in [0.4, 0.5) is 10.5 Å². The highest BCUT2D eigenvalue weighted by atomic mass is 16.5. The molecule has 1 aromatic rings. The lowest BCUT2D eigenvalue weighted by Crippen LogP contribution is -2.40. The summed E-state index contributed by atoms with van der Waals surface area (Å²) in [4.78, 5) is 34.4. The summed E-state index contributed by atoms with van der Waals surface area (Å²) in [6, 6.07) is 6.27. The summed E-state index contributed by atoms with van der Waals surface area (Å²) in [6.45, 7) is -0.138. The molecule has 0 atom stereocenters. The number of esters is 1. The number of carbonyl (C=O) groups is 3. The zero-order valence-corrected chi connectivity index (χ0v) is 11.6. The molecule has 1 saturated carbocycles. The molecule has 1 aliphatic carbocycles. The van der Waals surface area contributed by atoms with Crippen molar-refractivity contribution in [3.63, 3.8) is 0 Å². The van der Waals surface area contributed by atoms with Crippen LogP contribution in [0, 0.1) is 0 Å². The third kappa shape index (κ3) is 4.79. The lowest BCUT2D eigenvalue weighted by atomic mass is 10.2.